The number of carbonyl (C=O) groups is 2. The number of hydrogen-bond acceptors (Lipinski definition) is 5. The van der Waals surface area contributed by atoms with Gasteiger partial charge >= 0.3 is 0 Å². The van der Waals surface area contributed by atoms with Crippen molar-refractivity contribution >= 4 is 56.8 Å². The topological polar surface area (TPSA) is 106 Å². The van der Waals surface area contributed by atoms with E-state index in [-0.39, 0.29) is 27.8 Å². The van der Waals surface area contributed by atoms with Crippen LogP contribution in [-0.4, -0.2) is 16.7 Å². The number of rotatable bonds is 4. The molecule has 0 saturated carbocycles. The second kappa shape index (κ2) is 7.77. The lowest BCUT2D eigenvalue weighted by atomic mass is 10.1. The zero-order valence-corrected chi connectivity index (χ0v) is 17.3. The molecule has 2 heterocycles. The fraction of sp³-hybridized carbons (Fsp3) is 0. The van der Waals surface area contributed by atoms with E-state index in [9.17, 15) is 19.7 Å². The van der Waals surface area contributed by atoms with Gasteiger partial charge in [-0.15, -0.1) is 0 Å². The van der Waals surface area contributed by atoms with Crippen molar-refractivity contribution in [3.8, 4) is 11.3 Å². The van der Waals surface area contributed by atoms with E-state index >= 15 is 0 Å². The number of halogens is 2. The SMILES string of the molecule is O=C1NN(c2cccc(Br)c2)C(=O)/C1=C/c1ccc(-c2cc([N+](=O)[O-])ccc2Cl)o1. The van der Waals surface area contributed by atoms with E-state index in [1.165, 1.54) is 24.3 Å². The number of nitro groups is 1. The van der Waals surface area contributed by atoms with Crippen LogP contribution in [-0.2, 0) is 9.59 Å². The summed E-state index contributed by atoms with van der Waals surface area (Å²) in [5, 5.41) is 12.4. The maximum absolute atomic E-state index is 12.7. The molecule has 0 unspecified atom stereocenters. The molecule has 0 aliphatic carbocycles. The molecule has 0 radical (unpaired) electrons. The highest BCUT2D eigenvalue weighted by atomic mass is 79.9. The number of anilines is 1. The summed E-state index contributed by atoms with van der Waals surface area (Å²) in [5.41, 5.74) is 3.08. The lowest BCUT2D eigenvalue weighted by Gasteiger charge is -2.14. The average Bonchev–Trinajstić information content (AvgIpc) is 3.28. The predicted molar refractivity (Wildman–Crippen MR) is 114 cm³/mol. The number of benzene rings is 2. The Labute approximate surface area is 183 Å². The smallest absolute Gasteiger partial charge is 0.282 e. The molecule has 1 aliphatic heterocycles. The van der Waals surface area contributed by atoms with Crippen molar-refractivity contribution < 1.29 is 18.9 Å². The maximum Gasteiger partial charge on any atom is 0.282 e. The van der Waals surface area contributed by atoms with Crippen LogP contribution < -0.4 is 10.4 Å². The number of hydrazine groups is 1. The average molecular weight is 489 g/mol. The molecule has 4 rings (SSSR count). The van der Waals surface area contributed by atoms with Gasteiger partial charge < -0.3 is 4.42 Å². The van der Waals surface area contributed by atoms with Crippen molar-refractivity contribution in [3.63, 3.8) is 0 Å². The van der Waals surface area contributed by atoms with Crippen LogP contribution in [0.1, 0.15) is 5.76 Å². The first kappa shape index (κ1) is 19.9. The minimum Gasteiger partial charge on any atom is -0.457 e. The first-order chi connectivity index (χ1) is 14.3. The van der Waals surface area contributed by atoms with Gasteiger partial charge in [0.2, 0.25) is 0 Å². The van der Waals surface area contributed by atoms with E-state index in [0.717, 1.165) is 9.48 Å². The molecule has 1 aliphatic rings. The van der Waals surface area contributed by atoms with E-state index < -0.39 is 16.7 Å². The van der Waals surface area contributed by atoms with Gasteiger partial charge in [0, 0.05) is 22.2 Å². The third-order valence-electron chi connectivity index (χ3n) is 4.30. The summed E-state index contributed by atoms with van der Waals surface area (Å²) in [7, 11) is 0. The van der Waals surface area contributed by atoms with E-state index in [0.29, 0.717) is 11.3 Å². The molecule has 0 atom stereocenters. The summed E-state index contributed by atoms with van der Waals surface area (Å²) in [6.45, 7) is 0. The van der Waals surface area contributed by atoms with Gasteiger partial charge in [-0.05, 0) is 42.5 Å². The molecule has 30 heavy (non-hydrogen) atoms. The number of nitrogens with one attached hydrogen (secondary N) is 1. The van der Waals surface area contributed by atoms with Crippen LogP contribution >= 0.6 is 27.5 Å². The van der Waals surface area contributed by atoms with E-state index in [2.05, 4.69) is 21.4 Å². The first-order valence-corrected chi connectivity index (χ1v) is 9.67. The molecular formula is C20H11BrClN3O5. The van der Waals surface area contributed by atoms with Crippen molar-refractivity contribution in [2.24, 2.45) is 0 Å². The molecule has 1 fully saturated rings. The Morgan fingerprint density at radius 3 is 2.67 bits per heavy atom. The van der Waals surface area contributed by atoms with Crippen molar-refractivity contribution in [1.82, 2.24) is 5.43 Å². The zero-order valence-electron chi connectivity index (χ0n) is 15.0. The Morgan fingerprint density at radius 1 is 1.13 bits per heavy atom. The Morgan fingerprint density at radius 2 is 1.93 bits per heavy atom. The van der Waals surface area contributed by atoms with E-state index in [1.54, 1.807) is 36.4 Å². The Hall–Kier alpha value is -3.43. The van der Waals surface area contributed by atoms with E-state index in [4.69, 9.17) is 16.0 Å². The second-order valence-electron chi connectivity index (χ2n) is 6.24. The summed E-state index contributed by atoms with van der Waals surface area (Å²) < 4.78 is 6.42. The van der Waals surface area contributed by atoms with Crippen LogP contribution in [0.4, 0.5) is 11.4 Å². The van der Waals surface area contributed by atoms with Gasteiger partial charge in [0.1, 0.15) is 17.1 Å². The molecule has 0 spiro atoms. The molecule has 150 valence electrons. The highest BCUT2D eigenvalue weighted by Gasteiger charge is 2.34. The molecular weight excluding hydrogens is 478 g/mol. The quantitative estimate of drug-likeness (QED) is 0.247. The van der Waals surface area contributed by atoms with Crippen LogP contribution in [0.3, 0.4) is 0 Å². The number of amides is 2. The molecule has 3 aromatic rings. The fourth-order valence-corrected chi connectivity index (χ4v) is 3.49. The number of nitro benzene ring substituents is 1. The van der Waals surface area contributed by atoms with Crippen LogP contribution in [0.5, 0.6) is 0 Å². The zero-order chi connectivity index (χ0) is 21.4. The maximum atomic E-state index is 12.7. The first-order valence-electron chi connectivity index (χ1n) is 8.50. The fourth-order valence-electron chi connectivity index (χ4n) is 2.89. The number of furan rings is 1. The number of carbonyl (C=O) groups excluding carboxylic acids is 2. The Kier molecular flexibility index (Phi) is 5.15. The lowest BCUT2D eigenvalue weighted by Crippen LogP contribution is -2.35. The van der Waals surface area contributed by atoms with Crippen LogP contribution in [0.2, 0.25) is 5.02 Å². The largest absolute Gasteiger partial charge is 0.457 e. The summed E-state index contributed by atoms with van der Waals surface area (Å²) in [4.78, 5) is 35.5. The normalized spacial score (nSPS) is 15.0. The predicted octanol–water partition coefficient (Wildman–Crippen LogP) is 4.73. The Bertz CT molecular complexity index is 1240. The number of nitrogens with zero attached hydrogens (tertiary/aromatic N) is 2. The van der Waals surface area contributed by atoms with Crippen molar-refractivity contribution in [2.45, 2.75) is 0 Å². The lowest BCUT2D eigenvalue weighted by molar-refractivity contribution is -0.384. The molecule has 2 amide bonds. The van der Waals surface area contributed by atoms with Gasteiger partial charge in [0.25, 0.3) is 17.5 Å². The molecule has 1 saturated heterocycles. The van der Waals surface area contributed by atoms with Crippen molar-refractivity contribution in [1.29, 1.82) is 0 Å². The van der Waals surface area contributed by atoms with Gasteiger partial charge in [0.15, 0.2) is 0 Å². The van der Waals surface area contributed by atoms with Crippen LogP contribution in [0.25, 0.3) is 17.4 Å². The summed E-state index contributed by atoms with van der Waals surface area (Å²) in [6, 6.07) is 14.0. The monoisotopic (exact) mass is 487 g/mol. The molecule has 1 N–H and O–H groups in total. The van der Waals surface area contributed by atoms with Crippen LogP contribution in [0.15, 0.2) is 69.1 Å². The third kappa shape index (κ3) is 3.72. The summed E-state index contributed by atoms with van der Waals surface area (Å²) in [5.74, 6) is -0.622. The standard InChI is InChI=1S/C20H11BrClN3O5/c21-11-2-1-3-12(8-11)24-20(27)16(19(26)23-24)10-14-5-7-18(30-14)15-9-13(25(28)29)4-6-17(15)22/h1-10H,(H,23,26)/b16-10+. The summed E-state index contributed by atoms with van der Waals surface area (Å²) >= 11 is 9.46. The van der Waals surface area contributed by atoms with Gasteiger partial charge in [-0.1, -0.05) is 33.6 Å². The van der Waals surface area contributed by atoms with Gasteiger partial charge in [-0.3, -0.25) is 25.1 Å². The number of non-ortho nitro benzene ring substituents is 1. The molecule has 10 heteroatoms. The minimum atomic E-state index is -0.577. The highest BCUT2D eigenvalue weighted by Crippen LogP contribution is 2.33. The third-order valence-corrected chi connectivity index (χ3v) is 5.12. The molecule has 8 nitrogen and oxygen atoms in total. The highest BCUT2D eigenvalue weighted by molar-refractivity contribution is 9.10. The molecule has 1 aromatic heterocycles. The second-order valence-corrected chi connectivity index (χ2v) is 7.57. The molecule has 2 aromatic carbocycles. The van der Waals surface area contributed by atoms with Crippen molar-refractivity contribution in [3.05, 3.63) is 85.5 Å². The van der Waals surface area contributed by atoms with Crippen LogP contribution in [0, 0.1) is 10.1 Å². The van der Waals surface area contributed by atoms with E-state index in [1.807, 2.05) is 0 Å². The summed E-state index contributed by atoms with van der Waals surface area (Å²) in [6.07, 6.45) is 1.31. The van der Waals surface area contributed by atoms with Gasteiger partial charge in [-0.2, -0.15) is 0 Å². The number of hydrogen-bond donors (Lipinski definition) is 1. The van der Waals surface area contributed by atoms with Gasteiger partial charge in [-0.25, -0.2) is 5.01 Å². The van der Waals surface area contributed by atoms with Gasteiger partial charge in [0.05, 0.1) is 15.6 Å². The Balaban J connectivity index is 1.65. The molecule has 0 bridgehead atoms. The van der Waals surface area contributed by atoms with Crippen molar-refractivity contribution in [2.75, 3.05) is 5.01 Å². The minimum absolute atomic E-state index is 0.110.